The molecule has 1 aromatic carbocycles. The lowest BCUT2D eigenvalue weighted by molar-refractivity contribution is -0.140. The van der Waals surface area contributed by atoms with Crippen LogP contribution in [0.1, 0.15) is 36.6 Å². The number of hydrogen-bond acceptors (Lipinski definition) is 7. The van der Waals surface area contributed by atoms with Gasteiger partial charge in [-0.15, -0.1) is 0 Å². The Morgan fingerprint density at radius 3 is 2.77 bits per heavy atom. The van der Waals surface area contributed by atoms with E-state index < -0.39 is 35.8 Å². The van der Waals surface area contributed by atoms with Gasteiger partial charge in [0.15, 0.2) is 18.2 Å². The number of ketones is 1. The maximum atomic E-state index is 12.8. The van der Waals surface area contributed by atoms with Crippen molar-refractivity contribution in [3.8, 4) is 0 Å². The standard InChI is InChI=1S/C20H22N4O6/c25-17-14(8-4-5-9-22-19(17)27)23-18(26)16(15-10-21-12-30-15)24-20(28)29-11-13-6-2-1-3-7-13/h1-3,6-7,10,12,14,16H,4-5,8-9,11H2,(H,22,27)(H,23,26)(H,24,28). The van der Waals surface area contributed by atoms with Gasteiger partial charge < -0.3 is 25.1 Å². The molecular weight excluding hydrogens is 392 g/mol. The zero-order valence-corrected chi connectivity index (χ0v) is 16.1. The van der Waals surface area contributed by atoms with E-state index in [9.17, 15) is 19.2 Å². The van der Waals surface area contributed by atoms with Crippen LogP contribution in [-0.4, -0.2) is 41.3 Å². The number of rotatable bonds is 6. The second-order valence-electron chi connectivity index (χ2n) is 6.72. The van der Waals surface area contributed by atoms with E-state index in [4.69, 9.17) is 9.15 Å². The molecule has 2 heterocycles. The van der Waals surface area contributed by atoms with Crippen LogP contribution >= 0.6 is 0 Å². The van der Waals surface area contributed by atoms with E-state index in [-0.39, 0.29) is 12.4 Å². The number of amides is 3. The molecule has 3 N–H and O–H groups in total. The van der Waals surface area contributed by atoms with Gasteiger partial charge >= 0.3 is 6.09 Å². The summed E-state index contributed by atoms with van der Waals surface area (Å²) in [5, 5.41) is 7.44. The number of Topliss-reactive ketones (excluding diaryl/α,β-unsaturated/α-hetero) is 1. The molecule has 0 aliphatic carbocycles. The molecular formula is C20H22N4O6. The highest BCUT2D eigenvalue weighted by Crippen LogP contribution is 2.15. The number of hydrogen-bond donors (Lipinski definition) is 3. The fourth-order valence-corrected chi connectivity index (χ4v) is 2.96. The molecule has 1 aliphatic heterocycles. The Bertz CT molecular complexity index is 884. The molecule has 0 radical (unpaired) electrons. The molecule has 1 fully saturated rings. The number of ether oxygens (including phenoxy) is 1. The third-order valence-corrected chi connectivity index (χ3v) is 4.53. The first kappa shape index (κ1) is 21.0. The van der Waals surface area contributed by atoms with Crippen LogP contribution in [0.4, 0.5) is 4.79 Å². The van der Waals surface area contributed by atoms with Crippen molar-refractivity contribution in [3.63, 3.8) is 0 Å². The predicted octanol–water partition coefficient (Wildman–Crippen LogP) is 0.996. The van der Waals surface area contributed by atoms with Crippen LogP contribution in [0.3, 0.4) is 0 Å². The number of nitrogens with one attached hydrogen (secondary N) is 3. The normalized spacial score (nSPS) is 17.8. The number of alkyl carbamates (subject to hydrolysis) is 1. The maximum absolute atomic E-state index is 12.8. The van der Waals surface area contributed by atoms with Crippen LogP contribution < -0.4 is 16.0 Å². The first-order chi connectivity index (χ1) is 14.5. The van der Waals surface area contributed by atoms with E-state index >= 15 is 0 Å². The number of oxazole rings is 1. The highest BCUT2D eigenvalue weighted by atomic mass is 16.5. The van der Waals surface area contributed by atoms with Crippen LogP contribution in [0.5, 0.6) is 0 Å². The van der Waals surface area contributed by atoms with E-state index in [1.807, 2.05) is 18.2 Å². The van der Waals surface area contributed by atoms with Crippen LogP contribution in [0.25, 0.3) is 0 Å². The summed E-state index contributed by atoms with van der Waals surface area (Å²) in [5.74, 6) is -2.13. The van der Waals surface area contributed by atoms with Crippen LogP contribution in [0.15, 0.2) is 47.3 Å². The topological polar surface area (TPSA) is 140 Å². The van der Waals surface area contributed by atoms with Gasteiger partial charge in [0, 0.05) is 6.54 Å². The quantitative estimate of drug-likeness (QED) is 0.599. The van der Waals surface area contributed by atoms with Crippen molar-refractivity contribution in [1.82, 2.24) is 20.9 Å². The molecule has 158 valence electrons. The SMILES string of the molecule is O=C(NC(C(=O)NC1CCCCNC(=O)C1=O)c1cnco1)OCc1ccccc1. The number of nitrogens with zero attached hydrogens (tertiary/aromatic N) is 1. The summed E-state index contributed by atoms with van der Waals surface area (Å²) in [6.07, 6.45) is 3.20. The molecule has 2 aromatic rings. The third-order valence-electron chi connectivity index (χ3n) is 4.53. The van der Waals surface area contributed by atoms with Crippen molar-refractivity contribution >= 4 is 23.7 Å². The van der Waals surface area contributed by atoms with E-state index in [0.717, 1.165) is 12.0 Å². The van der Waals surface area contributed by atoms with Gasteiger partial charge in [-0.25, -0.2) is 9.78 Å². The summed E-state index contributed by atoms with van der Waals surface area (Å²) in [5.41, 5.74) is 0.777. The Kier molecular flexibility index (Phi) is 7.14. The van der Waals surface area contributed by atoms with Crippen molar-refractivity contribution in [3.05, 3.63) is 54.2 Å². The Labute approximate surface area is 172 Å². The van der Waals surface area contributed by atoms with E-state index in [0.29, 0.717) is 25.8 Å². The Morgan fingerprint density at radius 1 is 1.23 bits per heavy atom. The van der Waals surface area contributed by atoms with Crippen molar-refractivity contribution in [2.45, 2.75) is 38.0 Å². The van der Waals surface area contributed by atoms with Crippen LogP contribution in [0.2, 0.25) is 0 Å². The number of aromatic nitrogens is 1. The molecule has 2 unspecified atom stereocenters. The fraction of sp³-hybridized carbons (Fsp3) is 0.350. The molecule has 1 aliphatic rings. The molecule has 0 bridgehead atoms. The molecule has 0 spiro atoms. The maximum Gasteiger partial charge on any atom is 0.408 e. The van der Waals surface area contributed by atoms with Crippen molar-refractivity contribution in [1.29, 1.82) is 0 Å². The van der Waals surface area contributed by atoms with Gasteiger partial charge in [-0.2, -0.15) is 0 Å². The van der Waals surface area contributed by atoms with Gasteiger partial charge in [0.1, 0.15) is 6.61 Å². The second kappa shape index (κ2) is 10.2. The lowest BCUT2D eigenvalue weighted by Gasteiger charge is -2.22. The third kappa shape index (κ3) is 5.66. The highest BCUT2D eigenvalue weighted by molar-refractivity contribution is 6.38. The Balaban J connectivity index is 1.65. The smallest absolute Gasteiger partial charge is 0.408 e. The Hall–Kier alpha value is -3.69. The fourth-order valence-electron chi connectivity index (χ4n) is 2.96. The molecule has 10 nitrogen and oxygen atoms in total. The van der Waals surface area contributed by atoms with Gasteiger partial charge in [-0.1, -0.05) is 30.3 Å². The first-order valence-electron chi connectivity index (χ1n) is 9.52. The van der Waals surface area contributed by atoms with E-state index in [2.05, 4.69) is 20.9 Å². The van der Waals surface area contributed by atoms with E-state index in [1.54, 1.807) is 12.1 Å². The minimum Gasteiger partial charge on any atom is -0.446 e. The lowest BCUT2D eigenvalue weighted by Crippen LogP contribution is -2.51. The molecule has 1 saturated heterocycles. The molecule has 0 saturated carbocycles. The predicted molar refractivity (Wildman–Crippen MR) is 103 cm³/mol. The van der Waals surface area contributed by atoms with Gasteiger partial charge in [0.2, 0.25) is 5.78 Å². The first-order valence-corrected chi connectivity index (χ1v) is 9.52. The van der Waals surface area contributed by atoms with Crippen molar-refractivity contribution < 1.29 is 28.3 Å². The monoisotopic (exact) mass is 414 g/mol. The molecule has 1 aromatic heterocycles. The molecule has 30 heavy (non-hydrogen) atoms. The zero-order valence-electron chi connectivity index (χ0n) is 16.1. The average Bonchev–Trinajstić information content (AvgIpc) is 3.28. The van der Waals surface area contributed by atoms with Crippen molar-refractivity contribution in [2.75, 3.05) is 6.54 Å². The summed E-state index contributed by atoms with van der Waals surface area (Å²) in [7, 11) is 0. The molecule has 3 rings (SSSR count). The van der Waals surface area contributed by atoms with Gasteiger partial charge in [-0.05, 0) is 24.8 Å². The summed E-state index contributed by atoms with van der Waals surface area (Å²) in [6.45, 7) is 0.430. The molecule has 3 amide bonds. The zero-order chi connectivity index (χ0) is 21.3. The summed E-state index contributed by atoms with van der Waals surface area (Å²) in [6, 6.07) is 6.76. The molecule has 2 atom stereocenters. The van der Waals surface area contributed by atoms with Gasteiger partial charge in [0.25, 0.3) is 11.8 Å². The highest BCUT2D eigenvalue weighted by Gasteiger charge is 2.33. The minimum atomic E-state index is -1.28. The summed E-state index contributed by atoms with van der Waals surface area (Å²) >= 11 is 0. The lowest BCUT2D eigenvalue weighted by atomic mass is 10.0. The molecule has 10 heteroatoms. The summed E-state index contributed by atoms with van der Waals surface area (Å²) < 4.78 is 10.3. The largest absolute Gasteiger partial charge is 0.446 e. The number of benzene rings is 1. The van der Waals surface area contributed by atoms with E-state index in [1.165, 1.54) is 6.20 Å². The summed E-state index contributed by atoms with van der Waals surface area (Å²) in [4.78, 5) is 52.9. The average molecular weight is 414 g/mol. The Morgan fingerprint density at radius 2 is 2.03 bits per heavy atom. The number of carbonyl (C=O) groups excluding carboxylic acids is 4. The van der Waals surface area contributed by atoms with Crippen molar-refractivity contribution in [2.24, 2.45) is 0 Å². The van der Waals surface area contributed by atoms with Gasteiger partial charge in [-0.3, -0.25) is 14.4 Å². The van der Waals surface area contributed by atoms with Gasteiger partial charge in [0.05, 0.1) is 12.2 Å². The van der Waals surface area contributed by atoms with Crippen LogP contribution in [0, 0.1) is 0 Å². The number of carbonyl (C=O) groups is 4. The minimum absolute atomic E-state index is 0.0126. The van der Waals surface area contributed by atoms with Crippen LogP contribution in [-0.2, 0) is 25.7 Å². The second-order valence-corrected chi connectivity index (χ2v) is 6.72.